The Morgan fingerprint density at radius 2 is 2.14 bits per heavy atom. The molecule has 1 aliphatic carbocycles. The van der Waals surface area contributed by atoms with Crippen molar-refractivity contribution in [3.05, 3.63) is 23.7 Å². The number of imidazole rings is 1. The van der Waals surface area contributed by atoms with E-state index in [0.29, 0.717) is 11.9 Å². The highest BCUT2D eigenvalue weighted by molar-refractivity contribution is 6.17. The minimum absolute atomic E-state index is 0.543. The molecule has 0 bridgehead atoms. The van der Waals surface area contributed by atoms with Crippen LogP contribution in [0, 0.1) is 12.8 Å². The fourth-order valence-corrected chi connectivity index (χ4v) is 3.94. The Kier molecular flexibility index (Phi) is 4.48. The third-order valence-corrected chi connectivity index (χ3v) is 5.09. The number of halogens is 1. The zero-order valence-corrected chi connectivity index (χ0v) is 13.7. The summed E-state index contributed by atoms with van der Waals surface area (Å²) in [6.07, 6.45) is 9.21. The number of nitrogens with zero attached hydrogens (tertiary/aromatic N) is 3. The van der Waals surface area contributed by atoms with Gasteiger partial charge in [0.05, 0.1) is 0 Å². The Labute approximate surface area is 131 Å². The van der Waals surface area contributed by atoms with E-state index in [1.54, 1.807) is 0 Å². The molecular formula is C17H24ClN3. The lowest BCUT2D eigenvalue weighted by Crippen LogP contribution is -2.24. The lowest BCUT2D eigenvalue weighted by Gasteiger charge is -2.33. The van der Waals surface area contributed by atoms with Gasteiger partial charge in [0.25, 0.3) is 0 Å². The Bertz CT molecular complexity index is 620. The van der Waals surface area contributed by atoms with Crippen molar-refractivity contribution in [2.24, 2.45) is 5.92 Å². The lowest BCUT2D eigenvalue weighted by atomic mass is 9.82. The molecule has 21 heavy (non-hydrogen) atoms. The zero-order valence-electron chi connectivity index (χ0n) is 13.0. The molecule has 1 fully saturated rings. The van der Waals surface area contributed by atoms with Crippen LogP contribution in [-0.4, -0.2) is 20.4 Å². The standard InChI is InChI=1S/C17H24ClN3/c1-3-13-6-4-5-7-14(13)21-15(8-10-18)20-16-12(2)9-11-19-17(16)21/h9,11,13-14H,3-8,10H2,1-2H3. The first-order valence-corrected chi connectivity index (χ1v) is 8.68. The molecule has 0 amide bonds. The van der Waals surface area contributed by atoms with Gasteiger partial charge in [-0.25, -0.2) is 9.97 Å². The summed E-state index contributed by atoms with van der Waals surface area (Å²) in [7, 11) is 0. The number of hydrogen-bond donors (Lipinski definition) is 0. The van der Waals surface area contributed by atoms with E-state index in [1.165, 1.54) is 37.7 Å². The maximum atomic E-state index is 6.01. The summed E-state index contributed by atoms with van der Waals surface area (Å²) in [5, 5.41) is 0. The summed E-state index contributed by atoms with van der Waals surface area (Å²) < 4.78 is 2.41. The Morgan fingerprint density at radius 3 is 2.90 bits per heavy atom. The molecule has 3 nitrogen and oxygen atoms in total. The van der Waals surface area contributed by atoms with E-state index in [4.69, 9.17) is 16.6 Å². The van der Waals surface area contributed by atoms with Crippen molar-refractivity contribution in [2.75, 3.05) is 5.88 Å². The van der Waals surface area contributed by atoms with E-state index in [9.17, 15) is 0 Å². The fourth-order valence-electron chi connectivity index (χ4n) is 3.77. The Balaban J connectivity index is 2.14. The lowest BCUT2D eigenvalue weighted by molar-refractivity contribution is 0.232. The number of rotatable bonds is 4. The second kappa shape index (κ2) is 6.35. The predicted molar refractivity (Wildman–Crippen MR) is 88.0 cm³/mol. The van der Waals surface area contributed by atoms with Gasteiger partial charge in [0.15, 0.2) is 5.65 Å². The van der Waals surface area contributed by atoms with Gasteiger partial charge >= 0.3 is 0 Å². The van der Waals surface area contributed by atoms with Crippen LogP contribution in [0.15, 0.2) is 12.3 Å². The molecule has 2 unspecified atom stereocenters. The Hall–Kier alpha value is -1.09. The SMILES string of the molecule is CCC1CCCCC1n1c(CCCl)nc2c(C)ccnc21. The molecule has 2 aromatic rings. The van der Waals surface area contributed by atoms with Crippen LogP contribution in [0.25, 0.3) is 11.2 Å². The molecule has 0 aliphatic heterocycles. The third-order valence-electron chi connectivity index (χ3n) is 4.90. The van der Waals surface area contributed by atoms with Gasteiger partial charge in [-0.1, -0.05) is 26.2 Å². The Morgan fingerprint density at radius 1 is 1.33 bits per heavy atom. The van der Waals surface area contributed by atoms with Crippen molar-refractivity contribution in [1.29, 1.82) is 0 Å². The molecule has 0 radical (unpaired) electrons. The third kappa shape index (κ3) is 2.68. The molecule has 3 rings (SSSR count). The molecule has 2 heterocycles. The number of aromatic nitrogens is 3. The number of alkyl halides is 1. The van der Waals surface area contributed by atoms with E-state index >= 15 is 0 Å². The number of aryl methyl sites for hydroxylation is 2. The molecule has 0 N–H and O–H groups in total. The van der Waals surface area contributed by atoms with Gasteiger partial charge < -0.3 is 4.57 Å². The van der Waals surface area contributed by atoms with Gasteiger partial charge in [0.1, 0.15) is 11.3 Å². The molecule has 114 valence electrons. The second-order valence-corrected chi connectivity index (χ2v) is 6.54. The summed E-state index contributed by atoms with van der Waals surface area (Å²) >= 11 is 6.01. The minimum Gasteiger partial charge on any atom is -0.309 e. The van der Waals surface area contributed by atoms with Gasteiger partial charge in [-0.3, -0.25) is 0 Å². The van der Waals surface area contributed by atoms with Gasteiger partial charge in [-0.15, -0.1) is 11.6 Å². The molecule has 4 heteroatoms. The quantitative estimate of drug-likeness (QED) is 0.769. The maximum Gasteiger partial charge on any atom is 0.160 e. The molecule has 1 aliphatic rings. The van der Waals surface area contributed by atoms with Crippen LogP contribution in [0.4, 0.5) is 0 Å². The highest BCUT2D eigenvalue weighted by atomic mass is 35.5. The van der Waals surface area contributed by atoms with Crippen molar-refractivity contribution < 1.29 is 0 Å². The first-order chi connectivity index (χ1) is 10.3. The second-order valence-electron chi connectivity index (χ2n) is 6.16. The van der Waals surface area contributed by atoms with Crippen molar-refractivity contribution in [1.82, 2.24) is 14.5 Å². The average Bonchev–Trinajstić information content (AvgIpc) is 2.87. The molecule has 0 spiro atoms. The highest BCUT2D eigenvalue weighted by Gasteiger charge is 2.29. The zero-order chi connectivity index (χ0) is 14.8. The van der Waals surface area contributed by atoms with E-state index in [2.05, 4.69) is 23.4 Å². The van der Waals surface area contributed by atoms with Crippen LogP contribution in [-0.2, 0) is 6.42 Å². The average molecular weight is 306 g/mol. The van der Waals surface area contributed by atoms with Crippen molar-refractivity contribution in [2.45, 2.75) is 58.4 Å². The normalized spacial score (nSPS) is 22.8. The smallest absolute Gasteiger partial charge is 0.160 e. The van der Waals surface area contributed by atoms with Crippen LogP contribution < -0.4 is 0 Å². The van der Waals surface area contributed by atoms with Gasteiger partial charge in [-0.05, 0) is 37.3 Å². The molecular weight excluding hydrogens is 282 g/mol. The topological polar surface area (TPSA) is 30.7 Å². The molecule has 0 aromatic carbocycles. The van der Waals surface area contributed by atoms with Crippen LogP contribution in [0.1, 0.15) is 56.5 Å². The van der Waals surface area contributed by atoms with Crippen molar-refractivity contribution in [3.8, 4) is 0 Å². The fraction of sp³-hybridized carbons (Fsp3) is 0.647. The molecule has 2 atom stereocenters. The number of hydrogen-bond acceptors (Lipinski definition) is 2. The summed E-state index contributed by atoms with van der Waals surface area (Å²) in [6, 6.07) is 2.59. The predicted octanol–water partition coefficient (Wildman–Crippen LogP) is 4.66. The minimum atomic E-state index is 0.543. The monoisotopic (exact) mass is 305 g/mol. The summed E-state index contributed by atoms with van der Waals surface area (Å²) in [5.74, 6) is 2.48. The number of fused-ring (bicyclic) bond motifs is 1. The summed E-state index contributed by atoms with van der Waals surface area (Å²) in [5.41, 5.74) is 3.32. The van der Waals surface area contributed by atoms with Crippen LogP contribution in [0.2, 0.25) is 0 Å². The van der Waals surface area contributed by atoms with E-state index < -0.39 is 0 Å². The molecule has 1 saturated carbocycles. The van der Waals surface area contributed by atoms with Gasteiger partial charge in [0.2, 0.25) is 0 Å². The first kappa shape index (κ1) is 14.8. The van der Waals surface area contributed by atoms with Crippen molar-refractivity contribution >= 4 is 22.8 Å². The number of pyridine rings is 1. The van der Waals surface area contributed by atoms with Crippen LogP contribution in [0.5, 0.6) is 0 Å². The summed E-state index contributed by atoms with van der Waals surface area (Å²) in [4.78, 5) is 9.51. The van der Waals surface area contributed by atoms with Crippen molar-refractivity contribution in [3.63, 3.8) is 0 Å². The molecule has 2 aromatic heterocycles. The van der Waals surface area contributed by atoms with E-state index in [1.807, 2.05) is 12.3 Å². The first-order valence-electron chi connectivity index (χ1n) is 8.14. The van der Waals surface area contributed by atoms with Crippen LogP contribution in [0.3, 0.4) is 0 Å². The largest absolute Gasteiger partial charge is 0.309 e. The summed E-state index contributed by atoms with van der Waals surface area (Å²) in [6.45, 7) is 4.42. The van der Waals surface area contributed by atoms with E-state index in [-0.39, 0.29) is 0 Å². The maximum absolute atomic E-state index is 6.01. The van der Waals surface area contributed by atoms with Gasteiger partial charge in [0, 0.05) is 24.5 Å². The van der Waals surface area contributed by atoms with E-state index in [0.717, 1.165) is 29.3 Å². The van der Waals surface area contributed by atoms with Gasteiger partial charge in [-0.2, -0.15) is 0 Å². The highest BCUT2D eigenvalue weighted by Crippen LogP contribution is 2.38. The van der Waals surface area contributed by atoms with Crippen LogP contribution >= 0.6 is 11.6 Å². The molecule has 0 saturated heterocycles.